The predicted molar refractivity (Wildman–Crippen MR) is 105 cm³/mol. The summed E-state index contributed by atoms with van der Waals surface area (Å²) in [5.41, 5.74) is 2.79. The van der Waals surface area contributed by atoms with Crippen molar-refractivity contribution in [1.82, 2.24) is 5.32 Å². The van der Waals surface area contributed by atoms with Crippen molar-refractivity contribution in [3.63, 3.8) is 0 Å². The Morgan fingerprint density at radius 2 is 1.79 bits per heavy atom. The zero-order chi connectivity index (χ0) is 21.2. The fourth-order valence-corrected chi connectivity index (χ4v) is 4.38. The number of nitrogens with one attached hydrogen (secondary N) is 1. The molecular formula is C21H24F3NO3S. The third kappa shape index (κ3) is 5.81. The average Bonchev–Trinajstić information content (AvgIpc) is 3.03. The van der Waals surface area contributed by atoms with Gasteiger partial charge in [0.2, 0.25) is 0 Å². The molecule has 1 aliphatic carbocycles. The second-order valence-corrected chi connectivity index (χ2v) is 9.12. The second kappa shape index (κ2) is 8.45. The molecule has 1 unspecified atom stereocenters. The number of alkyl halides is 3. The van der Waals surface area contributed by atoms with Gasteiger partial charge in [0.1, 0.15) is 0 Å². The SMILES string of the molecule is CS(=O)(=O)O.FC(F)(F)c1ccc2c(c1)CCC1[C@@H](Cc3ccccc3)NC[C@@H]21. The van der Waals surface area contributed by atoms with Gasteiger partial charge in [-0.1, -0.05) is 36.4 Å². The third-order valence-corrected chi connectivity index (χ3v) is 5.55. The van der Waals surface area contributed by atoms with E-state index in [-0.39, 0.29) is 0 Å². The first-order valence-electron chi connectivity index (χ1n) is 9.42. The minimum atomic E-state index is -4.25. The monoisotopic (exact) mass is 427 g/mol. The highest BCUT2D eigenvalue weighted by Gasteiger charge is 2.40. The maximum Gasteiger partial charge on any atom is 0.416 e. The van der Waals surface area contributed by atoms with Crippen molar-refractivity contribution in [2.24, 2.45) is 5.92 Å². The molecule has 1 saturated heterocycles. The molecule has 2 N–H and O–H groups in total. The molecule has 4 rings (SSSR count). The lowest BCUT2D eigenvalue weighted by molar-refractivity contribution is -0.137. The summed E-state index contributed by atoms with van der Waals surface area (Å²) in [6.07, 6.45) is -0.850. The van der Waals surface area contributed by atoms with Crippen molar-refractivity contribution in [1.29, 1.82) is 0 Å². The number of aryl methyl sites for hydroxylation is 1. The van der Waals surface area contributed by atoms with Crippen LogP contribution >= 0.6 is 0 Å². The van der Waals surface area contributed by atoms with Crippen LogP contribution in [0.25, 0.3) is 0 Å². The minimum absolute atomic E-state index is 0.338. The van der Waals surface area contributed by atoms with E-state index in [0.717, 1.165) is 36.9 Å². The second-order valence-electron chi connectivity index (χ2n) is 7.66. The van der Waals surface area contributed by atoms with Crippen molar-refractivity contribution >= 4 is 10.1 Å². The highest BCUT2D eigenvalue weighted by atomic mass is 32.2. The Kier molecular flexibility index (Phi) is 6.36. The maximum absolute atomic E-state index is 12.9. The van der Waals surface area contributed by atoms with E-state index in [1.54, 1.807) is 6.07 Å². The topological polar surface area (TPSA) is 66.4 Å². The van der Waals surface area contributed by atoms with Crippen LogP contribution in [0.2, 0.25) is 0 Å². The van der Waals surface area contributed by atoms with E-state index in [1.807, 2.05) is 6.07 Å². The lowest BCUT2D eigenvalue weighted by Crippen LogP contribution is -2.31. The van der Waals surface area contributed by atoms with Crippen LogP contribution in [0.4, 0.5) is 13.2 Å². The molecule has 29 heavy (non-hydrogen) atoms. The molecule has 0 aromatic heterocycles. The van der Waals surface area contributed by atoms with E-state index in [1.165, 1.54) is 17.7 Å². The summed E-state index contributed by atoms with van der Waals surface area (Å²) in [4.78, 5) is 0. The number of rotatable bonds is 2. The van der Waals surface area contributed by atoms with Gasteiger partial charge in [-0.05, 0) is 54.0 Å². The maximum atomic E-state index is 12.9. The highest BCUT2D eigenvalue weighted by molar-refractivity contribution is 7.85. The van der Waals surface area contributed by atoms with Crippen LogP contribution in [-0.4, -0.2) is 31.8 Å². The van der Waals surface area contributed by atoms with Crippen molar-refractivity contribution in [2.45, 2.75) is 37.4 Å². The first kappa shape index (κ1) is 21.8. The van der Waals surface area contributed by atoms with Gasteiger partial charge in [-0.25, -0.2) is 0 Å². The van der Waals surface area contributed by atoms with Gasteiger partial charge in [-0.2, -0.15) is 21.6 Å². The molecular weight excluding hydrogens is 403 g/mol. The van der Waals surface area contributed by atoms with E-state index in [2.05, 4.69) is 29.6 Å². The summed E-state index contributed by atoms with van der Waals surface area (Å²) in [5, 5.41) is 3.61. The molecule has 1 heterocycles. The standard InChI is InChI=1S/C20H20F3N.CH4O3S/c21-20(22,23)15-7-9-16-14(11-15)6-8-17-18(16)12-24-19(17)10-13-4-2-1-3-5-13;1-5(2,3)4/h1-5,7,9,11,17-19,24H,6,8,10,12H2;1H3,(H,2,3,4)/t17?,18-,19+;/m0./s1. The largest absolute Gasteiger partial charge is 0.416 e. The summed E-state index contributed by atoms with van der Waals surface area (Å²) in [6, 6.07) is 15.1. The van der Waals surface area contributed by atoms with Crippen LogP contribution in [0.1, 0.15) is 34.6 Å². The lowest BCUT2D eigenvalue weighted by atomic mass is 9.73. The quantitative estimate of drug-likeness (QED) is 0.709. The van der Waals surface area contributed by atoms with Gasteiger partial charge >= 0.3 is 6.18 Å². The zero-order valence-corrected chi connectivity index (χ0v) is 16.8. The molecule has 0 radical (unpaired) electrons. The van der Waals surface area contributed by atoms with E-state index in [9.17, 15) is 21.6 Å². The number of halogens is 3. The van der Waals surface area contributed by atoms with E-state index < -0.39 is 21.9 Å². The fraction of sp³-hybridized carbons (Fsp3) is 0.429. The van der Waals surface area contributed by atoms with Gasteiger partial charge in [0.05, 0.1) is 11.8 Å². The Morgan fingerprint density at radius 3 is 2.41 bits per heavy atom. The van der Waals surface area contributed by atoms with Gasteiger partial charge in [0.25, 0.3) is 10.1 Å². The minimum Gasteiger partial charge on any atom is -0.313 e. The number of fused-ring (bicyclic) bond motifs is 3. The van der Waals surface area contributed by atoms with E-state index in [0.29, 0.717) is 24.1 Å². The molecule has 3 atom stereocenters. The summed E-state index contributed by atoms with van der Waals surface area (Å²) in [5.74, 6) is 0.846. The molecule has 8 heteroatoms. The Labute approximate surface area is 168 Å². The number of hydrogen-bond acceptors (Lipinski definition) is 3. The van der Waals surface area contributed by atoms with Crippen LogP contribution < -0.4 is 5.32 Å². The summed E-state index contributed by atoms with van der Waals surface area (Å²) >= 11 is 0. The van der Waals surface area contributed by atoms with Crippen LogP contribution in [0, 0.1) is 5.92 Å². The Morgan fingerprint density at radius 1 is 1.14 bits per heavy atom. The molecule has 0 amide bonds. The highest BCUT2D eigenvalue weighted by Crippen LogP contribution is 2.43. The van der Waals surface area contributed by atoms with Gasteiger partial charge in [0.15, 0.2) is 0 Å². The van der Waals surface area contributed by atoms with Crippen molar-refractivity contribution < 1.29 is 26.1 Å². The Hall–Kier alpha value is -1.90. The fourth-order valence-electron chi connectivity index (χ4n) is 4.38. The van der Waals surface area contributed by atoms with Gasteiger partial charge in [-0.3, -0.25) is 4.55 Å². The van der Waals surface area contributed by atoms with Gasteiger partial charge < -0.3 is 5.32 Å². The summed E-state index contributed by atoms with van der Waals surface area (Å²) < 4.78 is 64.6. The molecule has 2 aromatic rings. The lowest BCUT2D eigenvalue weighted by Gasteiger charge is -2.31. The van der Waals surface area contributed by atoms with E-state index in [4.69, 9.17) is 4.55 Å². The molecule has 0 bridgehead atoms. The molecule has 2 aliphatic rings. The molecule has 0 spiro atoms. The number of benzene rings is 2. The van der Waals surface area contributed by atoms with Crippen molar-refractivity contribution in [3.8, 4) is 0 Å². The first-order chi connectivity index (χ1) is 13.5. The van der Waals surface area contributed by atoms with Crippen LogP contribution in [0.3, 0.4) is 0 Å². The Bertz CT molecular complexity index is 937. The average molecular weight is 427 g/mol. The summed E-state index contributed by atoms with van der Waals surface area (Å²) in [7, 11) is -3.67. The normalized spacial score (nSPS) is 23.6. The smallest absolute Gasteiger partial charge is 0.313 e. The summed E-state index contributed by atoms with van der Waals surface area (Å²) in [6.45, 7) is 0.862. The van der Waals surface area contributed by atoms with Crippen molar-refractivity contribution in [3.05, 3.63) is 70.8 Å². The van der Waals surface area contributed by atoms with Crippen LogP contribution in [0.15, 0.2) is 48.5 Å². The molecule has 2 aromatic carbocycles. The van der Waals surface area contributed by atoms with Crippen molar-refractivity contribution in [2.75, 3.05) is 12.8 Å². The molecule has 0 saturated carbocycles. The molecule has 4 nitrogen and oxygen atoms in total. The molecule has 1 aliphatic heterocycles. The Balaban J connectivity index is 0.000000431. The number of hydrogen-bond donors (Lipinski definition) is 2. The van der Waals surface area contributed by atoms with Crippen LogP contribution in [0.5, 0.6) is 0 Å². The third-order valence-electron chi connectivity index (χ3n) is 5.55. The predicted octanol–water partition coefficient (Wildman–Crippen LogP) is 4.07. The zero-order valence-electron chi connectivity index (χ0n) is 16.0. The van der Waals surface area contributed by atoms with Gasteiger partial charge in [-0.15, -0.1) is 0 Å². The first-order valence-corrected chi connectivity index (χ1v) is 11.3. The van der Waals surface area contributed by atoms with E-state index >= 15 is 0 Å². The van der Waals surface area contributed by atoms with Gasteiger partial charge in [0, 0.05) is 18.5 Å². The molecule has 158 valence electrons. The van der Waals surface area contributed by atoms with Crippen LogP contribution in [-0.2, 0) is 29.1 Å². The molecule has 1 fully saturated rings.